The standard InChI is InChI=1S/C15H20O4/c1-2-3-4-5-6-13-18-14(15(17)19-13)11-7-9-12(16)10-8-11/h7-10,13-14,16H,2-6H2,1H3/t13-,14?/m1/s1. The molecule has 4 heteroatoms. The van der Waals surface area contributed by atoms with Gasteiger partial charge in [0.2, 0.25) is 6.29 Å². The first-order chi connectivity index (χ1) is 9.20. The van der Waals surface area contributed by atoms with E-state index in [0.29, 0.717) is 0 Å². The van der Waals surface area contributed by atoms with Crippen LogP contribution >= 0.6 is 0 Å². The van der Waals surface area contributed by atoms with Gasteiger partial charge in [-0.05, 0) is 24.1 Å². The van der Waals surface area contributed by atoms with Crippen LogP contribution in [0.15, 0.2) is 24.3 Å². The van der Waals surface area contributed by atoms with Crippen molar-refractivity contribution in [3.8, 4) is 5.75 Å². The van der Waals surface area contributed by atoms with Gasteiger partial charge in [-0.3, -0.25) is 0 Å². The largest absolute Gasteiger partial charge is 0.508 e. The van der Waals surface area contributed by atoms with E-state index >= 15 is 0 Å². The van der Waals surface area contributed by atoms with Crippen LogP contribution in [0.4, 0.5) is 0 Å². The van der Waals surface area contributed by atoms with Crippen LogP contribution < -0.4 is 0 Å². The Balaban J connectivity index is 1.87. The van der Waals surface area contributed by atoms with Gasteiger partial charge in [0, 0.05) is 6.42 Å². The Bertz CT molecular complexity index is 413. The van der Waals surface area contributed by atoms with Crippen molar-refractivity contribution in [1.29, 1.82) is 0 Å². The third kappa shape index (κ3) is 3.70. The average Bonchev–Trinajstić information content (AvgIpc) is 2.77. The van der Waals surface area contributed by atoms with E-state index in [0.717, 1.165) is 24.8 Å². The molecule has 0 bridgehead atoms. The highest BCUT2D eigenvalue weighted by molar-refractivity contribution is 5.78. The molecule has 0 radical (unpaired) electrons. The molecule has 1 N–H and O–H groups in total. The minimum atomic E-state index is -0.656. The van der Waals surface area contributed by atoms with Crippen molar-refractivity contribution < 1.29 is 19.4 Å². The second-order valence-electron chi connectivity index (χ2n) is 4.82. The van der Waals surface area contributed by atoms with Gasteiger partial charge in [0.25, 0.3) is 0 Å². The molecule has 1 fully saturated rings. The Labute approximate surface area is 113 Å². The molecule has 4 nitrogen and oxygen atoms in total. The molecular weight excluding hydrogens is 244 g/mol. The van der Waals surface area contributed by atoms with Gasteiger partial charge in [-0.15, -0.1) is 0 Å². The lowest BCUT2D eigenvalue weighted by atomic mass is 10.1. The van der Waals surface area contributed by atoms with Crippen molar-refractivity contribution in [3.63, 3.8) is 0 Å². The van der Waals surface area contributed by atoms with Crippen LogP contribution in [-0.4, -0.2) is 17.4 Å². The Hall–Kier alpha value is -1.55. The number of phenolic OH excluding ortho intramolecular Hbond substituents is 1. The number of phenols is 1. The Morgan fingerprint density at radius 1 is 1.16 bits per heavy atom. The summed E-state index contributed by atoms with van der Waals surface area (Å²) in [6, 6.07) is 6.45. The monoisotopic (exact) mass is 264 g/mol. The van der Waals surface area contributed by atoms with Crippen LogP contribution in [0.5, 0.6) is 5.75 Å². The van der Waals surface area contributed by atoms with Crippen molar-refractivity contribution in [2.75, 3.05) is 0 Å². The third-order valence-corrected chi connectivity index (χ3v) is 3.24. The number of aromatic hydroxyl groups is 1. The maximum absolute atomic E-state index is 11.7. The molecule has 1 saturated heterocycles. The summed E-state index contributed by atoms with van der Waals surface area (Å²) in [4.78, 5) is 11.7. The number of unbranched alkanes of at least 4 members (excludes halogenated alkanes) is 3. The number of hydrogen-bond donors (Lipinski definition) is 1. The van der Waals surface area contributed by atoms with Crippen molar-refractivity contribution in [1.82, 2.24) is 0 Å². The van der Waals surface area contributed by atoms with Gasteiger partial charge in [0.1, 0.15) is 5.75 Å². The van der Waals surface area contributed by atoms with Crippen LogP contribution in [0.2, 0.25) is 0 Å². The molecular formula is C15H20O4. The zero-order valence-electron chi connectivity index (χ0n) is 11.2. The first kappa shape index (κ1) is 13.9. The lowest BCUT2D eigenvalue weighted by molar-refractivity contribution is -0.144. The second kappa shape index (κ2) is 6.57. The number of cyclic esters (lactones) is 1. The van der Waals surface area contributed by atoms with Gasteiger partial charge >= 0.3 is 5.97 Å². The molecule has 1 aromatic rings. The smallest absolute Gasteiger partial charge is 0.342 e. The quantitative estimate of drug-likeness (QED) is 0.632. The minimum Gasteiger partial charge on any atom is -0.508 e. The van der Waals surface area contributed by atoms with E-state index in [1.807, 2.05) is 0 Å². The third-order valence-electron chi connectivity index (χ3n) is 3.24. The maximum atomic E-state index is 11.7. The van der Waals surface area contributed by atoms with Crippen molar-refractivity contribution in [2.24, 2.45) is 0 Å². The zero-order chi connectivity index (χ0) is 13.7. The molecule has 2 rings (SSSR count). The summed E-state index contributed by atoms with van der Waals surface area (Å²) in [7, 11) is 0. The fraction of sp³-hybridized carbons (Fsp3) is 0.533. The normalized spacial score (nSPS) is 22.5. The number of carbonyl (C=O) groups is 1. The summed E-state index contributed by atoms with van der Waals surface area (Å²) in [6.07, 6.45) is 4.19. The van der Waals surface area contributed by atoms with Crippen molar-refractivity contribution in [2.45, 2.75) is 51.4 Å². The number of hydrogen-bond acceptors (Lipinski definition) is 4. The lowest BCUT2D eigenvalue weighted by Crippen LogP contribution is -2.07. The van der Waals surface area contributed by atoms with Gasteiger partial charge in [-0.1, -0.05) is 38.3 Å². The first-order valence-electron chi connectivity index (χ1n) is 6.85. The van der Waals surface area contributed by atoms with E-state index in [-0.39, 0.29) is 11.7 Å². The number of rotatable bonds is 6. The molecule has 104 valence electrons. The fourth-order valence-corrected chi connectivity index (χ4v) is 2.15. The van der Waals surface area contributed by atoms with Gasteiger partial charge in [-0.25, -0.2) is 4.79 Å². The predicted molar refractivity (Wildman–Crippen MR) is 70.6 cm³/mol. The van der Waals surface area contributed by atoms with Crippen LogP contribution in [0.1, 0.15) is 50.7 Å². The summed E-state index contributed by atoms with van der Waals surface area (Å²) in [5.74, 6) is -0.169. The summed E-state index contributed by atoms with van der Waals surface area (Å²) < 4.78 is 10.8. The predicted octanol–water partition coefficient (Wildman–Crippen LogP) is 3.30. The van der Waals surface area contributed by atoms with Gasteiger partial charge < -0.3 is 14.6 Å². The number of esters is 1. The molecule has 1 aromatic carbocycles. The minimum absolute atomic E-state index is 0.172. The molecule has 1 heterocycles. The molecule has 19 heavy (non-hydrogen) atoms. The highest BCUT2D eigenvalue weighted by Gasteiger charge is 2.35. The zero-order valence-corrected chi connectivity index (χ0v) is 11.2. The van der Waals surface area contributed by atoms with E-state index in [1.54, 1.807) is 24.3 Å². The molecule has 0 amide bonds. The number of benzene rings is 1. The average molecular weight is 264 g/mol. The molecule has 2 atom stereocenters. The molecule has 0 aromatic heterocycles. The van der Waals surface area contributed by atoms with E-state index in [1.165, 1.54) is 12.8 Å². The summed E-state index contributed by atoms with van der Waals surface area (Å²) >= 11 is 0. The highest BCUT2D eigenvalue weighted by atomic mass is 16.7. The molecule has 0 saturated carbocycles. The van der Waals surface area contributed by atoms with E-state index in [9.17, 15) is 9.90 Å². The highest BCUT2D eigenvalue weighted by Crippen LogP contribution is 2.30. The topological polar surface area (TPSA) is 55.8 Å². The van der Waals surface area contributed by atoms with Crippen LogP contribution in [0.3, 0.4) is 0 Å². The Morgan fingerprint density at radius 3 is 2.58 bits per heavy atom. The van der Waals surface area contributed by atoms with Gasteiger partial charge in [0.15, 0.2) is 6.10 Å². The van der Waals surface area contributed by atoms with Crippen molar-refractivity contribution >= 4 is 5.97 Å². The van der Waals surface area contributed by atoms with Gasteiger partial charge in [0.05, 0.1) is 0 Å². The number of carbonyl (C=O) groups excluding carboxylic acids is 1. The maximum Gasteiger partial charge on any atom is 0.342 e. The molecule has 1 aliphatic rings. The van der Waals surface area contributed by atoms with E-state index < -0.39 is 12.4 Å². The lowest BCUT2D eigenvalue weighted by Gasteiger charge is -2.09. The molecule has 1 unspecified atom stereocenters. The van der Waals surface area contributed by atoms with Crippen LogP contribution in [0.25, 0.3) is 0 Å². The summed E-state index contributed by atoms with van der Waals surface area (Å²) in [5, 5.41) is 9.23. The fourth-order valence-electron chi connectivity index (χ4n) is 2.15. The summed E-state index contributed by atoms with van der Waals surface area (Å²) in [5.41, 5.74) is 0.721. The number of ether oxygens (including phenoxy) is 2. The second-order valence-corrected chi connectivity index (χ2v) is 4.82. The molecule has 0 spiro atoms. The molecule has 0 aliphatic carbocycles. The van der Waals surface area contributed by atoms with Crippen LogP contribution in [0, 0.1) is 0 Å². The molecule has 1 aliphatic heterocycles. The van der Waals surface area contributed by atoms with E-state index in [4.69, 9.17) is 9.47 Å². The van der Waals surface area contributed by atoms with Gasteiger partial charge in [-0.2, -0.15) is 0 Å². The SMILES string of the molecule is CCCCCC[C@H]1OC(=O)C(c2ccc(O)cc2)O1. The van der Waals surface area contributed by atoms with Crippen LogP contribution in [-0.2, 0) is 14.3 Å². The Kier molecular flexibility index (Phi) is 4.80. The summed E-state index contributed by atoms with van der Waals surface area (Å²) in [6.45, 7) is 2.16. The van der Waals surface area contributed by atoms with Crippen molar-refractivity contribution in [3.05, 3.63) is 29.8 Å². The van der Waals surface area contributed by atoms with E-state index in [2.05, 4.69) is 6.92 Å². The first-order valence-corrected chi connectivity index (χ1v) is 6.85. The Morgan fingerprint density at radius 2 is 1.89 bits per heavy atom.